The summed E-state index contributed by atoms with van der Waals surface area (Å²) < 4.78 is 0. The van der Waals surface area contributed by atoms with Crippen LogP contribution in [0.15, 0.2) is 12.3 Å². The maximum atomic E-state index is 7.48. The van der Waals surface area contributed by atoms with Gasteiger partial charge in [-0.1, -0.05) is 20.3 Å². The molecular weight excluding hydrogens is 202 g/mol. The number of nitrogens with one attached hydrogen (secondary N) is 1. The van der Waals surface area contributed by atoms with Gasteiger partial charge >= 0.3 is 0 Å². The third-order valence-electron chi connectivity index (χ3n) is 2.64. The maximum absolute atomic E-state index is 7.48. The summed E-state index contributed by atoms with van der Waals surface area (Å²) >= 11 is 0. The summed E-state index contributed by atoms with van der Waals surface area (Å²) in [5.74, 6) is 1.28. The van der Waals surface area contributed by atoms with Gasteiger partial charge < -0.3 is 10.6 Å². The first-order valence-electron chi connectivity index (χ1n) is 5.43. The Balaban J connectivity index is 2.90. The second kappa shape index (κ2) is 5.44. The van der Waals surface area contributed by atoms with E-state index in [-0.39, 0.29) is 5.84 Å². The van der Waals surface area contributed by atoms with Crippen LogP contribution in [0, 0.1) is 11.3 Å². The first kappa shape index (κ1) is 12.4. The van der Waals surface area contributed by atoms with E-state index in [2.05, 4.69) is 24.0 Å². The van der Waals surface area contributed by atoms with Crippen molar-refractivity contribution in [3.8, 4) is 0 Å². The van der Waals surface area contributed by atoms with Crippen molar-refractivity contribution in [3.05, 3.63) is 17.8 Å². The molecule has 0 saturated carbocycles. The fraction of sp³-hybridized carbons (Fsp3) is 0.545. The lowest BCUT2D eigenvalue weighted by atomic mass is 10.1. The SMILES string of the molecule is CCC(C)CN(C)c1nnccc1C(=N)N. The van der Waals surface area contributed by atoms with Crippen molar-refractivity contribution in [2.75, 3.05) is 18.5 Å². The average molecular weight is 221 g/mol. The van der Waals surface area contributed by atoms with Crippen molar-refractivity contribution in [2.45, 2.75) is 20.3 Å². The van der Waals surface area contributed by atoms with E-state index >= 15 is 0 Å². The van der Waals surface area contributed by atoms with Crippen LogP contribution in [0.25, 0.3) is 0 Å². The molecule has 1 heterocycles. The van der Waals surface area contributed by atoms with Crippen molar-refractivity contribution in [1.29, 1.82) is 5.41 Å². The molecule has 0 bridgehead atoms. The minimum atomic E-state index is 0.0286. The monoisotopic (exact) mass is 221 g/mol. The molecular formula is C11H19N5. The van der Waals surface area contributed by atoms with E-state index in [9.17, 15) is 0 Å². The number of hydrogen-bond acceptors (Lipinski definition) is 4. The molecule has 0 saturated heterocycles. The van der Waals surface area contributed by atoms with E-state index in [4.69, 9.17) is 11.1 Å². The zero-order chi connectivity index (χ0) is 12.1. The van der Waals surface area contributed by atoms with Gasteiger partial charge in [-0.2, -0.15) is 5.10 Å². The molecule has 5 heteroatoms. The molecule has 0 aliphatic carbocycles. The van der Waals surface area contributed by atoms with Crippen molar-refractivity contribution in [1.82, 2.24) is 10.2 Å². The maximum Gasteiger partial charge on any atom is 0.162 e. The lowest BCUT2D eigenvalue weighted by Gasteiger charge is -2.22. The van der Waals surface area contributed by atoms with E-state index in [0.717, 1.165) is 13.0 Å². The Labute approximate surface area is 96.2 Å². The summed E-state index contributed by atoms with van der Waals surface area (Å²) in [6, 6.07) is 1.72. The largest absolute Gasteiger partial charge is 0.384 e. The van der Waals surface area contributed by atoms with Crippen LogP contribution in [0.3, 0.4) is 0 Å². The number of nitrogen functional groups attached to an aromatic ring is 1. The van der Waals surface area contributed by atoms with E-state index in [1.807, 2.05) is 11.9 Å². The summed E-state index contributed by atoms with van der Waals surface area (Å²) in [5, 5.41) is 15.4. The zero-order valence-corrected chi connectivity index (χ0v) is 10.1. The fourth-order valence-electron chi connectivity index (χ4n) is 1.50. The van der Waals surface area contributed by atoms with Crippen LogP contribution in [0.2, 0.25) is 0 Å². The molecule has 1 aromatic heterocycles. The minimum Gasteiger partial charge on any atom is -0.384 e. The van der Waals surface area contributed by atoms with Gasteiger partial charge in [0.1, 0.15) is 5.84 Å². The van der Waals surface area contributed by atoms with Gasteiger partial charge in [-0.05, 0) is 12.0 Å². The lowest BCUT2D eigenvalue weighted by Crippen LogP contribution is -2.28. The van der Waals surface area contributed by atoms with Gasteiger partial charge in [0.25, 0.3) is 0 Å². The molecule has 88 valence electrons. The van der Waals surface area contributed by atoms with E-state index < -0.39 is 0 Å². The molecule has 0 spiro atoms. The second-order valence-electron chi connectivity index (χ2n) is 4.08. The second-order valence-corrected chi connectivity index (χ2v) is 4.08. The summed E-state index contributed by atoms with van der Waals surface area (Å²) in [6.07, 6.45) is 2.66. The van der Waals surface area contributed by atoms with Crippen LogP contribution in [-0.2, 0) is 0 Å². The van der Waals surface area contributed by atoms with Crippen LogP contribution >= 0.6 is 0 Å². The highest BCUT2D eigenvalue weighted by atomic mass is 15.2. The number of aromatic nitrogens is 2. The third kappa shape index (κ3) is 2.92. The molecule has 1 aromatic rings. The molecule has 0 aromatic carbocycles. The number of hydrogen-bond donors (Lipinski definition) is 2. The number of anilines is 1. The summed E-state index contributed by atoms with van der Waals surface area (Å²) in [4.78, 5) is 2.00. The highest BCUT2D eigenvalue weighted by Gasteiger charge is 2.13. The van der Waals surface area contributed by atoms with Gasteiger partial charge in [-0.25, -0.2) is 0 Å². The quantitative estimate of drug-likeness (QED) is 0.579. The van der Waals surface area contributed by atoms with Crippen molar-refractivity contribution < 1.29 is 0 Å². The predicted octanol–water partition coefficient (Wildman–Crippen LogP) is 1.24. The normalized spacial score (nSPS) is 12.2. The Kier molecular flexibility index (Phi) is 4.22. The Bertz CT molecular complexity index is 363. The lowest BCUT2D eigenvalue weighted by molar-refractivity contribution is 0.556. The Morgan fingerprint density at radius 2 is 2.31 bits per heavy atom. The number of nitrogens with two attached hydrogens (primary N) is 1. The Morgan fingerprint density at radius 1 is 1.62 bits per heavy atom. The summed E-state index contributed by atoms with van der Waals surface area (Å²) in [7, 11) is 1.95. The molecule has 1 rings (SSSR count). The molecule has 5 nitrogen and oxygen atoms in total. The molecule has 16 heavy (non-hydrogen) atoms. The highest BCUT2D eigenvalue weighted by molar-refractivity contribution is 5.99. The van der Waals surface area contributed by atoms with E-state index in [1.54, 1.807) is 12.3 Å². The molecule has 0 fully saturated rings. The average Bonchev–Trinajstić information content (AvgIpc) is 2.28. The molecule has 0 radical (unpaired) electrons. The minimum absolute atomic E-state index is 0.0286. The first-order valence-corrected chi connectivity index (χ1v) is 5.43. The van der Waals surface area contributed by atoms with E-state index in [1.165, 1.54) is 0 Å². The van der Waals surface area contributed by atoms with Crippen LogP contribution in [0.4, 0.5) is 5.82 Å². The summed E-state index contributed by atoms with van der Waals surface area (Å²) in [6.45, 7) is 5.22. The third-order valence-corrected chi connectivity index (χ3v) is 2.64. The van der Waals surface area contributed by atoms with Crippen molar-refractivity contribution >= 4 is 11.7 Å². The van der Waals surface area contributed by atoms with Crippen LogP contribution in [0.1, 0.15) is 25.8 Å². The van der Waals surface area contributed by atoms with Gasteiger partial charge in [0.2, 0.25) is 0 Å². The van der Waals surface area contributed by atoms with Crippen LogP contribution in [-0.4, -0.2) is 29.6 Å². The van der Waals surface area contributed by atoms with Crippen molar-refractivity contribution in [3.63, 3.8) is 0 Å². The predicted molar refractivity (Wildman–Crippen MR) is 65.8 cm³/mol. The van der Waals surface area contributed by atoms with Gasteiger partial charge in [-0.15, -0.1) is 5.10 Å². The molecule has 3 N–H and O–H groups in total. The molecule has 1 atom stereocenters. The van der Waals surface area contributed by atoms with Gasteiger partial charge in [-0.3, -0.25) is 5.41 Å². The molecule has 0 aliphatic rings. The Morgan fingerprint density at radius 3 is 2.88 bits per heavy atom. The number of nitrogens with zero attached hydrogens (tertiary/aromatic N) is 3. The van der Waals surface area contributed by atoms with Crippen LogP contribution in [0.5, 0.6) is 0 Å². The van der Waals surface area contributed by atoms with Crippen molar-refractivity contribution in [2.24, 2.45) is 11.7 Å². The molecule has 1 unspecified atom stereocenters. The molecule has 0 aliphatic heterocycles. The topological polar surface area (TPSA) is 78.9 Å². The van der Waals surface area contributed by atoms with Gasteiger partial charge in [0, 0.05) is 13.6 Å². The highest BCUT2D eigenvalue weighted by Crippen LogP contribution is 2.16. The number of amidine groups is 1. The summed E-state index contributed by atoms with van der Waals surface area (Å²) in [5.41, 5.74) is 6.14. The standard InChI is InChI=1S/C11H19N5/c1-4-8(2)7-16(3)11-9(10(12)13)5-6-14-15-11/h5-6,8H,4,7H2,1-3H3,(H3,12,13). The molecule has 0 amide bonds. The van der Waals surface area contributed by atoms with Crippen LogP contribution < -0.4 is 10.6 Å². The zero-order valence-electron chi connectivity index (χ0n) is 10.1. The first-order chi connectivity index (χ1) is 7.56. The smallest absolute Gasteiger partial charge is 0.162 e. The Hall–Kier alpha value is -1.65. The number of rotatable bonds is 5. The van der Waals surface area contributed by atoms with Gasteiger partial charge in [0.05, 0.1) is 11.8 Å². The van der Waals surface area contributed by atoms with E-state index in [0.29, 0.717) is 17.3 Å². The van der Waals surface area contributed by atoms with Gasteiger partial charge in [0.15, 0.2) is 5.82 Å². The fourth-order valence-corrected chi connectivity index (χ4v) is 1.50.